The van der Waals surface area contributed by atoms with E-state index in [1.807, 2.05) is 31.2 Å². The predicted octanol–water partition coefficient (Wildman–Crippen LogP) is 1.23. The van der Waals surface area contributed by atoms with E-state index in [0.717, 1.165) is 26.2 Å². The van der Waals surface area contributed by atoms with Crippen molar-refractivity contribution >= 4 is 5.91 Å². The van der Waals surface area contributed by atoms with Gasteiger partial charge in [-0.25, -0.2) is 0 Å². The van der Waals surface area contributed by atoms with E-state index in [0.29, 0.717) is 17.3 Å². The van der Waals surface area contributed by atoms with Crippen LogP contribution in [0.3, 0.4) is 0 Å². The van der Waals surface area contributed by atoms with Gasteiger partial charge in [0.2, 0.25) is 5.89 Å². The van der Waals surface area contributed by atoms with Crippen molar-refractivity contribution < 1.29 is 9.32 Å². The second-order valence-electron chi connectivity index (χ2n) is 6.19. The van der Waals surface area contributed by atoms with Crippen LogP contribution in [0.4, 0.5) is 0 Å². The highest BCUT2D eigenvalue weighted by molar-refractivity contribution is 5.93. The molecule has 1 aliphatic rings. The number of amides is 1. The minimum Gasteiger partial charge on any atom is -0.355 e. The lowest BCUT2D eigenvalue weighted by Crippen LogP contribution is -2.46. The molecule has 0 unspecified atom stereocenters. The standard InChI is InChI=1S/C17H23N5O2/c1-12-19-17(24-20-12)15-11-22(9-8-21(15)3)10-13-4-6-14(7-5-13)16(23)18-2/h4-7,15H,8-11H2,1-3H3,(H,18,23)/t15-/m1/s1. The van der Waals surface area contributed by atoms with Crippen molar-refractivity contribution in [2.24, 2.45) is 0 Å². The largest absolute Gasteiger partial charge is 0.355 e. The summed E-state index contributed by atoms with van der Waals surface area (Å²) >= 11 is 0. The number of aromatic nitrogens is 2. The molecular weight excluding hydrogens is 306 g/mol. The molecule has 1 fully saturated rings. The van der Waals surface area contributed by atoms with Crippen LogP contribution in [0.25, 0.3) is 0 Å². The van der Waals surface area contributed by atoms with Gasteiger partial charge >= 0.3 is 0 Å². The van der Waals surface area contributed by atoms with Crippen LogP contribution in [0.2, 0.25) is 0 Å². The fraction of sp³-hybridized carbons (Fsp3) is 0.471. The first kappa shape index (κ1) is 16.6. The Bertz CT molecular complexity index is 697. The third-order valence-electron chi connectivity index (χ3n) is 4.41. The number of rotatable bonds is 4. The second-order valence-corrected chi connectivity index (χ2v) is 6.19. The topological polar surface area (TPSA) is 74.5 Å². The zero-order valence-corrected chi connectivity index (χ0v) is 14.3. The molecule has 0 saturated carbocycles. The molecule has 1 aromatic heterocycles. The number of hydrogen-bond acceptors (Lipinski definition) is 6. The first-order chi connectivity index (χ1) is 11.6. The fourth-order valence-corrected chi connectivity index (χ4v) is 2.95. The van der Waals surface area contributed by atoms with Crippen LogP contribution in [-0.4, -0.2) is 59.6 Å². The molecule has 1 saturated heterocycles. The van der Waals surface area contributed by atoms with E-state index in [1.54, 1.807) is 7.05 Å². The van der Waals surface area contributed by atoms with Crippen molar-refractivity contribution in [2.45, 2.75) is 19.5 Å². The summed E-state index contributed by atoms with van der Waals surface area (Å²) in [5.41, 5.74) is 1.87. The van der Waals surface area contributed by atoms with Gasteiger partial charge in [0, 0.05) is 38.8 Å². The van der Waals surface area contributed by atoms with E-state index in [9.17, 15) is 4.79 Å². The van der Waals surface area contributed by atoms with E-state index < -0.39 is 0 Å². The van der Waals surface area contributed by atoms with Gasteiger partial charge < -0.3 is 9.84 Å². The Kier molecular flexibility index (Phi) is 4.92. The zero-order chi connectivity index (χ0) is 17.1. The number of likely N-dealkylation sites (N-methyl/N-ethyl adjacent to an activating group) is 1. The number of aryl methyl sites for hydroxylation is 1. The van der Waals surface area contributed by atoms with Crippen LogP contribution in [0.5, 0.6) is 0 Å². The SMILES string of the molecule is CNC(=O)c1ccc(CN2CCN(C)[C@@H](c3nc(C)no3)C2)cc1. The second kappa shape index (κ2) is 7.11. The fourth-order valence-electron chi connectivity index (χ4n) is 2.95. The Morgan fingerprint density at radius 1 is 1.33 bits per heavy atom. The van der Waals surface area contributed by atoms with Gasteiger partial charge in [0.1, 0.15) is 6.04 Å². The third-order valence-corrected chi connectivity index (χ3v) is 4.41. The molecule has 24 heavy (non-hydrogen) atoms. The summed E-state index contributed by atoms with van der Waals surface area (Å²) in [4.78, 5) is 20.6. The van der Waals surface area contributed by atoms with E-state index in [-0.39, 0.29) is 11.9 Å². The number of nitrogens with one attached hydrogen (secondary N) is 1. The first-order valence-corrected chi connectivity index (χ1v) is 8.10. The van der Waals surface area contributed by atoms with Crippen molar-refractivity contribution in [3.8, 4) is 0 Å². The molecule has 1 atom stereocenters. The summed E-state index contributed by atoms with van der Waals surface area (Å²) in [6.07, 6.45) is 0. The quantitative estimate of drug-likeness (QED) is 0.909. The Labute approximate surface area is 141 Å². The molecule has 1 amide bonds. The molecule has 2 aromatic rings. The molecule has 0 bridgehead atoms. The number of carbonyl (C=O) groups excluding carboxylic acids is 1. The summed E-state index contributed by atoms with van der Waals surface area (Å²) in [7, 11) is 3.72. The summed E-state index contributed by atoms with van der Waals surface area (Å²) in [6, 6.07) is 7.86. The van der Waals surface area contributed by atoms with E-state index in [2.05, 4.69) is 32.3 Å². The monoisotopic (exact) mass is 329 g/mol. The normalized spacial score (nSPS) is 19.4. The molecule has 128 valence electrons. The first-order valence-electron chi connectivity index (χ1n) is 8.10. The Hall–Kier alpha value is -2.25. The molecule has 7 nitrogen and oxygen atoms in total. The average Bonchev–Trinajstić information content (AvgIpc) is 3.03. The minimum absolute atomic E-state index is 0.0621. The van der Waals surface area contributed by atoms with Crippen LogP contribution in [-0.2, 0) is 6.54 Å². The average molecular weight is 329 g/mol. The highest BCUT2D eigenvalue weighted by atomic mass is 16.5. The molecule has 7 heteroatoms. The van der Waals surface area contributed by atoms with Gasteiger partial charge in [-0.3, -0.25) is 14.6 Å². The maximum atomic E-state index is 11.6. The maximum absolute atomic E-state index is 11.6. The van der Waals surface area contributed by atoms with Crippen molar-refractivity contribution in [3.05, 3.63) is 47.1 Å². The van der Waals surface area contributed by atoms with Crippen LogP contribution >= 0.6 is 0 Å². The van der Waals surface area contributed by atoms with Crippen LogP contribution < -0.4 is 5.32 Å². The van der Waals surface area contributed by atoms with Crippen molar-refractivity contribution in [2.75, 3.05) is 33.7 Å². The summed E-state index contributed by atoms with van der Waals surface area (Å²) < 4.78 is 5.35. The summed E-state index contributed by atoms with van der Waals surface area (Å²) in [5.74, 6) is 1.28. The lowest BCUT2D eigenvalue weighted by molar-refractivity contribution is 0.0714. The maximum Gasteiger partial charge on any atom is 0.251 e. The van der Waals surface area contributed by atoms with Crippen LogP contribution in [0, 0.1) is 6.92 Å². The van der Waals surface area contributed by atoms with Crippen molar-refractivity contribution in [1.29, 1.82) is 0 Å². The molecule has 0 spiro atoms. The Morgan fingerprint density at radius 3 is 2.71 bits per heavy atom. The lowest BCUT2D eigenvalue weighted by atomic mass is 10.1. The zero-order valence-electron chi connectivity index (χ0n) is 14.3. The van der Waals surface area contributed by atoms with Gasteiger partial charge in [0.15, 0.2) is 5.82 Å². The van der Waals surface area contributed by atoms with Crippen molar-refractivity contribution in [1.82, 2.24) is 25.3 Å². The smallest absolute Gasteiger partial charge is 0.251 e. The lowest BCUT2D eigenvalue weighted by Gasteiger charge is -2.37. The van der Waals surface area contributed by atoms with Gasteiger partial charge in [0.25, 0.3) is 5.91 Å². The number of piperazine rings is 1. The summed E-state index contributed by atoms with van der Waals surface area (Å²) in [6.45, 7) is 5.45. The predicted molar refractivity (Wildman–Crippen MR) is 89.5 cm³/mol. The summed E-state index contributed by atoms with van der Waals surface area (Å²) in [5, 5.41) is 6.54. The number of carbonyl (C=O) groups is 1. The van der Waals surface area contributed by atoms with Crippen molar-refractivity contribution in [3.63, 3.8) is 0 Å². The number of benzene rings is 1. The van der Waals surface area contributed by atoms with Gasteiger partial charge in [-0.1, -0.05) is 17.3 Å². The van der Waals surface area contributed by atoms with Gasteiger partial charge in [-0.05, 0) is 31.7 Å². The van der Waals surface area contributed by atoms with Gasteiger partial charge in [-0.2, -0.15) is 4.98 Å². The number of nitrogens with zero attached hydrogens (tertiary/aromatic N) is 4. The Morgan fingerprint density at radius 2 is 2.08 bits per heavy atom. The molecule has 0 aliphatic carbocycles. The molecule has 2 heterocycles. The van der Waals surface area contributed by atoms with E-state index >= 15 is 0 Å². The minimum atomic E-state index is -0.0621. The number of hydrogen-bond donors (Lipinski definition) is 1. The highest BCUT2D eigenvalue weighted by Gasteiger charge is 2.29. The molecule has 0 radical (unpaired) electrons. The van der Waals surface area contributed by atoms with Crippen LogP contribution in [0.1, 0.15) is 33.7 Å². The van der Waals surface area contributed by atoms with E-state index in [4.69, 9.17) is 4.52 Å². The van der Waals surface area contributed by atoms with Gasteiger partial charge in [0.05, 0.1) is 0 Å². The molecule has 1 N–H and O–H groups in total. The van der Waals surface area contributed by atoms with Gasteiger partial charge in [-0.15, -0.1) is 0 Å². The molecule has 1 aliphatic heterocycles. The molecule has 1 aromatic carbocycles. The molecular formula is C17H23N5O2. The van der Waals surface area contributed by atoms with Crippen LogP contribution in [0.15, 0.2) is 28.8 Å². The third kappa shape index (κ3) is 3.63. The highest BCUT2D eigenvalue weighted by Crippen LogP contribution is 2.23. The Balaban J connectivity index is 1.66. The van der Waals surface area contributed by atoms with E-state index in [1.165, 1.54) is 5.56 Å². The molecule has 3 rings (SSSR count).